The first-order valence-corrected chi connectivity index (χ1v) is 4.17. The van der Waals surface area contributed by atoms with Crippen LogP contribution in [0.25, 0.3) is 6.08 Å². The van der Waals surface area contributed by atoms with Crippen molar-refractivity contribution < 1.29 is 14.3 Å². The summed E-state index contributed by atoms with van der Waals surface area (Å²) in [6, 6.07) is 1.19. The Labute approximate surface area is 84.8 Å². The van der Waals surface area contributed by atoms with Gasteiger partial charge in [-0.3, -0.25) is 4.79 Å². The molecule has 1 N–H and O–H groups in total. The molecule has 0 aliphatic heterocycles. The zero-order valence-corrected chi connectivity index (χ0v) is 7.83. The molecule has 0 aliphatic rings. The minimum Gasteiger partial charge on any atom is -0.481 e. The molecule has 14 heavy (non-hydrogen) atoms. The number of hydrogen-bond donors (Lipinski definition) is 1. The van der Waals surface area contributed by atoms with Gasteiger partial charge in [0.25, 0.3) is 0 Å². The van der Waals surface area contributed by atoms with Gasteiger partial charge in [-0.05, 0) is 11.6 Å². The fraction of sp³-hybridized carbons (Fsp3) is 0.111. The predicted octanol–water partition coefficient (Wildman–Crippen LogP) is 2.36. The van der Waals surface area contributed by atoms with Crippen LogP contribution in [0, 0.1) is 5.82 Å². The number of hydrogen-bond acceptors (Lipinski definition) is 2. The van der Waals surface area contributed by atoms with E-state index in [0.29, 0.717) is 5.56 Å². The lowest BCUT2D eigenvalue weighted by molar-refractivity contribution is -0.135. The van der Waals surface area contributed by atoms with Gasteiger partial charge in [0.05, 0.1) is 6.42 Å². The Morgan fingerprint density at radius 2 is 2.43 bits per heavy atom. The second-order valence-electron chi connectivity index (χ2n) is 2.54. The highest BCUT2D eigenvalue weighted by Gasteiger charge is 1.99. The lowest BCUT2D eigenvalue weighted by Gasteiger charge is -1.94. The van der Waals surface area contributed by atoms with Gasteiger partial charge < -0.3 is 5.11 Å². The molecule has 1 rings (SSSR count). The Balaban J connectivity index is 2.73. The van der Waals surface area contributed by atoms with Crippen LogP contribution in [0.1, 0.15) is 12.0 Å². The summed E-state index contributed by atoms with van der Waals surface area (Å²) in [6.07, 6.45) is 4.14. The first kappa shape index (κ1) is 10.7. The number of rotatable bonds is 3. The molecule has 0 atom stereocenters. The van der Waals surface area contributed by atoms with E-state index in [4.69, 9.17) is 16.7 Å². The molecule has 1 aromatic rings. The van der Waals surface area contributed by atoms with Crippen LogP contribution >= 0.6 is 11.6 Å². The molecule has 5 heteroatoms. The number of carboxylic acids is 1. The van der Waals surface area contributed by atoms with Crippen LogP contribution in [-0.4, -0.2) is 16.1 Å². The number of halogens is 2. The van der Waals surface area contributed by atoms with Crippen LogP contribution in [-0.2, 0) is 4.79 Å². The van der Waals surface area contributed by atoms with Gasteiger partial charge in [-0.2, -0.15) is 0 Å². The molecule has 0 aliphatic carbocycles. The average Bonchev–Trinajstić information content (AvgIpc) is 2.10. The summed E-state index contributed by atoms with van der Waals surface area (Å²) in [4.78, 5) is 13.7. The third-order valence-electron chi connectivity index (χ3n) is 1.42. The molecule has 0 spiro atoms. The van der Waals surface area contributed by atoms with Crippen molar-refractivity contribution in [2.45, 2.75) is 6.42 Å². The van der Waals surface area contributed by atoms with Crippen LogP contribution in [0.5, 0.6) is 0 Å². The van der Waals surface area contributed by atoms with E-state index in [1.807, 2.05) is 0 Å². The van der Waals surface area contributed by atoms with Crippen molar-refractivity contribution >= 4 is 23.6 Å². The van der Waals surface area contributed by atoms with Gasteiger partial charge in [-0.1, -0.05) is 23.8 Å². The monoisotopic (exact) mass is 215 g/mol. The van der Waals surface area contributed by atoms with Gasteiger partial charge in [0.2, 0.25) is 0 Å². The standard InChI is InChI=1S/C9H7ClFNO2/c10-9-7(11)4-6(5-12-9)2-1-3-8(13)14/h1-2,4-5H,3H2,(H,13,14). The normalized spacial score (nSPS) is 10.7. The largest absolute Gasteiger partial charge is 0.481 e. The summed E-state index contributed by atoms with van der Waals surface area (Å²) in [5, 5.41) is 8.13. The molecule has 74 valence electrons. The molecule has 0 bridgehead atoms. The lowest BCUT2D eigenvalue weighted by atomic mass is 10.2. The molecule has 0 amide bonds. The van der Waals surface area contributed by atoms with Gasteiger partial charge in [-0.25, -0.2) is 9.37 Å². The zero-order valence-electron chi connectivity index (χ0n) is 7.08. The summed E-state index contributed by atoms with van der Waals surface area (Å²) in [5.74, 6) is -1.56. The molecule has 1 heterocycles. The summed E-state index contributed by atoms with van der Waals surface area (Å²) in [6.45, 7) is 0. The third-order valence-corrected chi connectivity index (χ3v) is 1.70. The van der Waals surface area contributed by atoms with Crippen molar-refractivity contribution in [1.29, 1.82) is 0 Å². The number of pyridine rings is 1. The molecule has 1 aromatic heterocycles. The SMILES string of the molecule is O=C(O)CC=Cc1cnc(Cl)c(F)c1. The van der Waals surface area contributed by atoms with E-state index < -0.39 is 11.8 Å². The summed E-state index contributed by atoms with van der Waals surface area (Å²) >= 11 is 5.36. The molecular formula is C9H7ClFNO2. The van der Waals surface area contributed by atoms with E-state index in [1.165, 1.54) is 24.4 Å². The second kappa shape index (κ2) is 4.72. The molecule has 0 aromatic carbocycles. The van der Waals surface area contributed by atoms with E-state index in [-0.39, 0.29) is 11.6 Å². The minimum absolute atomic E-state index is 0.107. The molecule has 0 radical (unpaired) electrons. The zero-order chi connectivity index (χ0) is 10.6. The number of aromatic nitrogens is 1. The lowest BCUT2D eigenvalue weighted by Crippen LogP contribution is -1.90. The minimum atomic E-state index is -0.941. The summed E-state index contributed by atoms with van der Waals surface area (Å²) in [5.41, 5.74) is 0.480. The summed E-state index contributed by atoms with van der Waals surface area (Å²) in [7, 11) is 0. The van der Waals surface area contributed by atoms with Gasteiger partial charge in [0.1, 0.15) is 0 Å². The number of aliphatic carboxylic acids is 1. The molecule has 3 nitrogen and oxygen atoms in total. The fourth-order valence-electron chi connectivity index (χ4n) is 0.823. The van der Waals surface area contributed by atoms with Crippen molar-refractivity contribution in [2.24, 2.45) is 0 Å². The number of carbonyl (C=O) groups is 1. The molecule has 0 unspecified atom stereocenters. The predicted molar refractivity (Wildman–Crippen MR) is 50.5 cm³/mol. The van der Waals surface area contributed by atoms with Gasteiger partial charge in [-0.15, -0.1) is 0 Å². The Morgan fingerprint density at radius 1 is 1.71 bits per heavy atom. The maximum absolute atomic E-state index is 12.8. The topological polar surface area (TPSA) is 50.2 Å². The van der Waals surface area contributed by atoms with Crippen molar-refractivity contribution in [3.05, 3.63) is 34.9 Å². The maximum Gasteiger partial charge on any atom is 0.307 e. The number of carboxylic acid groups (broad SMARTS) is 1. The van der Waals surface area contributed by atoms with Gasteiger partial charge >= 0.3 is 5.97 Å². The van der Waals surface area contributed by atoms with Crippen LogP contribution in [0.3, 0.4) is 0 Å². The number of nitrogens with zero attached hydrogens (tertiary/aromatic N) is 1. The molecule has 0 saturated carbocycles. The van der Waals surface area contributed by atoms with E-state index in [1.54, 1.807) is 0 Å². The molecule has 0 fully saturated rings. The fourth-order valence-corrected chi connectivity index (χ4v) is 0.926. The van der Waals surface area contributed by atoms with E-state index >= 15 is 0 Å². The van der Waals surface area contributed by atoms with Crippen molar-refractivity contribution in [3.8, 4) is 0 Å². The highest BCUT2D eigenvalue weighted by molar-refractivity contribution is 6.29. The van der Waals surface area contributed by atoms with Crippen LogP contribution < -0.4 is 0 Å². The quantitative estimate of drug-likeness (QED) is 0.788. The Hall–Kier alpha value is -1.42. The third kappa shape index (κ3) is 3.14. The Morgan fingerprint density at radius 3 is 3.00 bits per heavy atom. The Bertz CT molecular complexity index is 379. The van der Waals surface area contributed by atoms with Crippen molar-refractivity contribution in [2.75, 3.05) is 0 Å². The first-order valence-electron chi connectivity index (χ1n) is 3.79. The van der Waals surface area contributed by atoms with Crippen LogP contribution in [0.4, 0.5) is 4.39 Å². The Kier molecular flexibility index (Phi) is 3.59. The highest BCUT2D eigenvalue weighted by Crippen LogP contribution is 2.12. The molecular weight excluding hydrogens is 209 g/mol. The van der Waals surface area contributed by atoms with Crippen molar-refractivity contribution in [1.82, 2.24) is 4.98 Å². The van der Waals surface area contributed by atoms with E-state index in [0.717, 1.165) is 0 Å². The van der Waals surface area contributed by atoms with Crippen LogP contribution in [0.15, 0.2) is 18.3 Å². The molecule has 0 saturated heterocycles. The maximum atomic E-state index is 12.8. The first-order chi connectivity index (χ1) is 6.59. The van der Waals surface area contributed by atoms with Gasteiger partial charge in [0.15, 0.2) is 11.0 Å². The van der Waals surface area contributed by atoms with Crippen molar-refractivity contribution in [3.63, 3.8) is 0 Å². The summed E-state index contributed by atoms with van der Waals surface area (Å²) < 4.78 is 12.8. The second-order valence-corrected chi connectivity index (χ2v) is 2.90. The van der Waals surface area contributed by atoms with E-state index in [9.17, 15) is 9.18 Å². The highest BCUT2D eigenvalue weighted by atomic mass is 35.5. The average molecular weight is 216 g/mol. The van der Waals surface area contributed by atoms with Crippen LogP contribution in [0.2, 0.25) is 5.15 Å². The van der Waals surface area contributed by atoms with Gasteiger partial charge in [0, 0.05) is 6.20 Å². The smallest absolute Gasteiger partial charge is 0.307 e. The van der Waals surface area contributed by atoms with E-state index in [2.05, 4.69) is 4.98 Å².